The Kier molecular flexibility index (Phi) is 5.70. The van der Waals surface area contributed by atoms with E-state index in [0.717, 1.165) is 31.9 Å². The zero-order valence-corrected chi connectivity index (χ0v) is 13.8. The third kappa shape index (κ3) is 4.07. The Balaban J connectivity index is 2.42. The smallest absolute Gasteiger partial charge is 0.329 e. The molecule has 1 aromatic heterocycles. The molecule has 1 fully saturated rings. The molecule has 1 atom stereocenters. The van der Waals surface area contributed by atoms with E-state index in [1.54, 1.807) is 0 Å². The van der Waals surface area contributed by atoms with E-state index >= 15 is 0 Å². The third-order valence-corrected chi connectivity index (χ3v) is 4.23. The fraction of sp³-hybridized carbons (Fsp3) is 0.643. The molecular formula is C14H19ClN4O4. The van der Waals surface area contributed by atoms with E-state index in [0.29, 0.717) is 0 Å². The van der Waals surface area contributed by atoms with E-state index in [9.17, 15) is 14.9 Å². The van der Waals surface area contributed by atoms with Gasteiger partial charge in [0.25, 0.3) is 0 Å². The molecule has 0 aromatic carbocycles. The van der Waals surface area contributed by atoms with Crippen molar-refractivity contribution in [2.24, 2.45) is 0 Å². The molecule has 0 saturated heterocycles. The number of methoxy groups -OCH3 is 1. The van der Waals surface area contributed by atoms with Crippen molar-refractivity contribution in [3.05, 3.63) is 21.6 Å². The van der Waals surface area contributed by atoms with Crippen LogP contribution in [0.15, 0.2) is 6.20 Å². The molecule has 1 aliphatic rings. The zero-order chi connectivity index (χ0) is 17.0. The van der Waals surface area contributed by atoms with Gasteiger partial charge in [-0.3, -0.25) is 14.9 Å². The summed E-state index contributed by atoms with van der Waals surface area (Å²) >= 11 is 5.85. The highest BCUT2D eigenvalue weighted by Crippen LogP contribution is 2.35. The Morgan fingerprint density at radius 1 is 1.57 bits per heavy atom. The Morgan fingerprint density at radius 3 is 2.78 bits per heavy atom. The van der Waals surface area contributed by atoms with Gasteiger partial charge in [0, 0.05) is 12.1 Å². The molecular weight excluding hydrogens is 324 g/mol. The van der Waals surface area contributed by atoms with Crippen molar-refractivity contribution in [1.29, 1.82) is 0 Å². The number of carbonyl (C=O) groups is 1. The molecule has 23 heavy (non-hydrogen) atoms. The first-order chi connectivity index (χ1) is 10.9. The first-order valence-corrected chi connectivity index (χ1v) is 7.84. The maximum Gasteiger partial charge on any atom is 0.329 e. The van der Waals surface area contributed by atoms with E-state index in [1.807, 2.05) is 11.8 Å². The van der Waals surface area contributed by atoms with Gasteiger partial charge in [-0.2, -0.15) is 4.98 Å². The van der Waals surface area contributed by atoms with Crippen molar-refractivity contribution in [3.8, 4) is 0 Å². The highest BCUT2D eigenvalue weighted by molar-refractivity contribution is 6.28. The van der Waals surface area contributed by atoms with Crippen LogP contribution in [0.4, 0.5) is 11.5 Å². The Hall–Kier alpha value is -1.96. The molecule has 8 nitrogen and oxygen atoms in total. The highest BCUT2D eigenvalue weighted by Gasteiger charge is 2.34. The second kappa shape index (κ2) is 7.54. The van der Waals surface area contributed by atoms with Gasteiger partial charge in [0.1, 0.15) is 6.20 Å². The monoisotopic (exact) mass is 342 g/mol. The molecule has 0 bridgehead atoms. The predicted octanol–water partition coefficient (Wildman–Crippen LogP) is 2.74. The summed E-state index contributed by atoms with van der Waals surface area (Å²) in [6.45, 7) is 1.83. The number of halogens is 1. The molecule has 126 valence electrons. The number of hydrogen-bond acceptors (Lipinski definition) is 7. The van der Waals surface area contributed by atoms with Gasteiger partial charge < -0.3 is 9.64 Å². The van der Waals surface area contributed by atoms with Crippen molar-refractivity contribution < 1.29 is 14.5 Å². The van der Waals surface area contributed by atoms with Crippen LogP contribution in [0.1, 0.15) is 39.0 Å². The molecule has 1 heterocycles. The van der Waals surface area contributed by atoms with Crippen molar-refractivity contribution in [3.63, 3.8) is 0 Å². The van der Waals surface area contributed by atoms with Crippen molar-refractivity contribution in [2.45, 2.75) is 51.1 Å². The average Bonchev–Trinajstić information content (AvgIpc) is 3.01. The molecule has 1 aromatic rings. The maximum atomic E-state index is 11.6. The minimum absolute atomic E-state index is 0.0566. The van der Waals surface area contributed by atoms with Gasteiger partial charge >= 0.3 is 11.7 Å². The van der Waals surface area contributed by atoms with Crippen LogP contribution in [0.5, 0.6) is 0 Å². The number of hydrogen-bond donors (Lipinski definition) is 0. The normalized spacial score (nSPS) is 16.1. The van der Waals surface area contributed by atoms with Crippen LogP contribution in [-0.4, -0.2) is 40.1 Å². The van der Waals surface area contributed by atoms with Gasteiger partial charge in [0.2, 0.25) is 11.1 Å². The summed E-state index contributed by atoms with van der Waals surface area (Å²) in [5.74, 6) is -0.207. The first-order valence-electron chi connectivity index (χ1n) is 7.46. The van der Waals surface area contributed by atoms with E-state index in [2.05, 4.69) is 9.97 Å². The number of anilines is 1. The van der Waals surface area contributed by atoms with Crippen molar-refractivity contribution in [1.82, 2.24) is 9.97 Å². The lowest BCUT2D eigenvalue weighted by Crippen LogP contribution is -2.43. The first kappa shape index (κ1) is 17.4. The minimum Gasteiger partial charge on any atom is -0.469 e. The van der Waals surface area contributed by atoms with Crippen molar-refractivity contribution in [2.75, 3.05) is 12.0 Å². The van der Waals surface area contributed by atoms with E-state index in [4.69, 9.17) is 16.3 Å². The zero-order valence-electron chi connectivity index (χ0n) is 13.1. The van der Waals surface area contributed by atoms with Crippen LogP contribution in [0, 0.1) is 10.1 Å². The van der Waals surface area contributed by atoms with Gasteiger partial charge in [0.05, 0.1) is 18.5 Å². The summed E-state index contributed by atoms with van der Waals surface area (Å²) in [4.78, 5) is 32.0. The van der Waals surface area contributed by atoms with Gasteiger partial charge in [-0.1, -0.05) is 12.8 Å². The SMILES string of the molecule is COC(=O)CC(C)N(c1nc(Cl)ncc1[N+](=O)[O-])C1CCCC1. The van der Waals surface area contributed by atoms with Crippen LogP contribution in [0.2, 0.25) is 5.28 Å². The highest BCUT2D eigenvalue weighted by atomic mass is 35.5. The number of aromatic nitrogens is 2. The average molecular weight is 343 g/mol. The number of nitro groups is 1. The van der Waals surface area contributed by atoms with E-state index in [1.165, 1.54) is 7.11 Å². The molecule has 2 rings (SSSR count). The summed E-state index contributed by atoms with van der Waals surface area (Å²) < 4.78 is 4.71. The number of carbonyl (C=O) groups excluding carboxylic acids is 1. The summed E-state index contributed by atoms with van der Waals surface area (Å²) in [7, 11) is 1.32. The fourth-order valence-electron chi connectivity index (χ4n) is 3.01. The Labute approximate surface area is 139 Å². The quantitative estimate of drug-likeness (QED) is 0.339. The second-order valence-electron chi connectivity index (χ2n) is 5.58. The Morgan fingerprint density at radius 2 is 2.22 bits per heavy atom. The molecule has 1 saturated carbocycles. The lowest BCUT2D eigenvalue weighted by atomic mass is 10.1. The standard InChI is InChI=1S/C14H19ClN4O4/c1-9(7-12(20)23-2)18(10-5-3-4-6-10)13-11(19(21)22)8-16-14(15)17-13/h8-10H,3-7H2,1-2H3. The molecule has 1 unspecified atom stereocenters. The lowest BCUT2D eigenvalue weighted by Gasteiger charge is -2.34. The molecule has 1 aliphatic carbocycles. The molecule has 9 heteroatoms. The molecule has 0 radical (unpaired) electrons. The third-order valence-electron chi connectivity index (χ3n) is 4.04. The largest absolute Gasteiger partial charge is 0.469 e. The summed E-state index contributed by atoms with van der Waals surface area (Å²) in [6, 6.07) is -0.213. The summed E-state index contributed by atoms with van der Waals surface area (Å²) in [5.41, 5.74) is -0.210. The molecule has 0 spiro atoms. The maximum absolute atomic E-state index is 11.6. The lowest BCUT2D eigenvalue weighted by molar-refractivity contribution is -0.384. The van der Waals surface area contributed by atoms with Crippen LogP contribution in [-0.2, 0) is 9.53 Å². The van der Waals surface area contributed by atoms with E-state index < -0.39 is 4.92 Å². The van der Waals surface area contributed by atoms with E-state index in [-0.39, 0.29) is 41.3 Å². The molecule has 0 amide bonds. The minimum atomic E-state index is -0.529. The van der Waals surface area contributed by atoms with Gasteiger partial charge in [-0.05, 0) is 31.4 Å². The second-order valence-corrected chi connectivity index (χ2v) is 5.92. The number of rotatable bonds is 6. The number of ether oxygens (including phenoxy) is 1. The Bertz CT molecular complexity index is 592. The predicted molar refractivity (Wildman–Crippen MR) is 84.5 cm³/mol. The number of nitrogens with zero attached hydrogens (tertiary/aromatic N) is 4. The van der Waals surface area contributed by atoms with Gasteiger partial charge in [-0.25, -0.2) is 4.98 Å². The van der Waals surface area contributed by atoms with Crippen LogP contribution in [0.3, 0.4) is 0 Å². The van der Waals surface area contributed by atoms with Gasteiger partial charge in [-0.15, -0.1) is 0 Å². The molecule has 0 N–H and O–H groups in total. The van der Waals surface area contributed by atoms with Crippen molar-refractivity contribution >= 4 is 29.1 Å². The summed E-state index contributed by atoms with van der Waals surface area (Å²) in [6.07, 6.45) is 5.09. The number of esters is 1. The summed E-state index contributed by atoms with van der Waals surface area (Å²) in [5, 5.41) is 11.3. The fourth-order valence-corrected chi connectivity index (χ4v) is 3.14. The van der Waals surface area contributed by atoms with Gasteiger partial charge in [0.15, 0.2) is 0 Å². The van der Waals surface area contributed by atoms with Crippen LogP contribution in [0.25, 0.3) is 0 Å². The van der Waals surface area contributed by atoms with Crippen LogP contribution < -0.4 is 4.90 Å². The topological polar surface area (TPSA) is 98.5 Å². The molecule has 0 aliphatic heterocycles. The van der Waals surface area contributed by atoms with Crippen LogP contribution >= 0.6 is 11.6 Å².